The largest absolute Gasteiger partial charge is 0.319 e. The van der Waals surface area contributed by atoms with Gasteiger partial charge in [-0.3, -0.25) is 0 Å². The summed E-state index contributed by atoms with van der Waals surface area (Å²) in [5.74, 6) is 0.634. The maximum atomic E-state index is 12.6. The minimum Gasteiger partial charge on any atom is -0.319 e. The SMILES string of the molecule is CC(C)(C)C1CCc2sc(C(N)C(F)F)cc2C1. The van der Waals surface area contributed by atoms with Crippen LogP contribution >= 0.6 is 11.3 Å². The van der Waals surface area contributed by atoms with Crippen LogP contribution in [0.3, 0.4) is 0 Å². The minimum absolute atomic E-state index is 0.282. The van der Waals surface area contributed by atoms with E-state index in [1.807, 2.05) is 6.07 Å². The summed E-state index contributed by atoms with van der Waals surface area (Å²) < 4.78 is 25.3. The third-order valence-electron chi connectivity index (χ3n) is 3.93. The van der Waals surface area contributed by atoms with Crippen LogP contribution in [0, 0.1) is 11.3 Å². The molecule has 0 fully saturated rings. The first-order chi connectivity index (χ1) is 8.29. The highest BCUT2D eigenvalue weighted by molar-refractivity contribution is 7.12. The maximum absolute atomic E-state index is 12.6. The second-order valence-corrected chi connectivity index (χ2v) is 7.43. The smallest absolute Gasteiger partial charge is 0.258 e. The zero-order valence-corrected chi connectivity index (χ0v) is 12.0. The summed E-state index contributed by atoms with van der Waals surface area (Å²) in [6, 6.07) is 0.794. The van der Waals surface area contributed by atoms with Gasteiger partial charge >= 0.3 is 0 Å². The molecule has 18 heavy (non-hydrogen) atoms. The lowest BCUT2D eigenvalue weighted by Crippen LogP contribution is -2.26. The number of aryl methyl sites for hydroxylation is 1. The van der Waals surface area contributed by atoms with E-state index in [1.54, 1.807) is 0 Å². The Kier molecular flexibility index (Phi) is 3.79. The van der Waals surface area contributed by atoms with E-state index >= 15 is 0 Å². The summed E-state index contributed by atoms with van der Waals surface area (Å²) in [4.78, 5) is 1.91. The van der Waals surface area contributed by atoms with Crippen LogP contribution in [0.2, 0.25) is 0 Å². The van der Waals surface area contributed by atoms with E-state index in [0.717, 1.165) is 19.3 Å². The minimum atomic E-state index is -2.47. The lowest BCUT2D eigenvalue weighted by molar-refractivity contribution is 0.117. The van der Waals surface area contributed by atoms with Crippen molar-refractivity contribution in [2.24, 2.45) is 17.1 Å². The number of fused-ring (bicyclic) bond motifs is 1. The molecule has 1 aromatic rings. The molecule has 1 aliphatic rings. The Labute approximate surface area is 111 Å². The van der Waals surface area contributed by atoms with Crippen molar-refractivity contribution in [1.82, 2.24) is 0 Å². The fourth-order valence-corrected chi connectivity index (χ4v) is 3.79. The van der Waals surface area contributed by atoms with Crippen molar-refractivity contribution in [3.63, 3.8) is 0 Å². The molecular weight excluding hydrogens is 252 g/mol. The normalized spacial score (nSPS) is 22.1. The number of thiophene rings is 1. The average molecular weight is 273 g/mol. The fraction of sp³-hybridized carbons (Fsp3) is 0.714. The van der Waals surface area contributed by atoms with E-state index in [4.69, 9.17) is 5.73 Å². The van der Waals surface area contributed by atoms with Crippen molar-refractivity contribution >= 4 is 11.3 Å². The molecule has 1 heterocycles. The van der Waals surface area contributed by atoms with Gasteiger partial charge in [0, 0.05) is 9.75 Å². The number of hydrogen-bond acceptors (Lipinski definition) is 2. The molecule has 0 aromatic carbocycles. The van der Waals surface area contributed by atoms with Crippen molar-refractivity contribution in [2.45, 2.75) is 52.5 Å². The molecule has 1 aromatic heterocycles. The van der Waals surface area contributed by atoms with Gasteiger partial charge in [-0.15, -0.1) is 11.3 Å². The number of halogens is 2. The monoisotopic (exact) mass is 273 g/mol. The van der Waals surface area contributed by atoms with Crippen LogP contribution in [0.5, 0.6) is 0 Å². The summed E-state index contributed by atoms with van der Waals surface area (Å²) in [6.45, 7) is 6.75. The molecule has 2 atom stereocenters. The van der Waals surface area contributed by atoms with E-state index < -0.39 is 12.5 Å². The van der Waals surface area contributed by atoms with Gasteiger partial charge in [0.05, 0.1) is 0 Å². The Balaban J connectivity index is 2.19. The highest BCUT2D eigenvalue weighted by atomic mass is 32.1. The first-order valence-electron chi connectivity index (χ1n) is 6.44. The molecule has 0 saturated carbocycles. The van der Waals surface area contributed by atoms with Gasteiger partial charge in [-0.1, -0.05) is 20.8 Å². The van der Waals surface area contributed by atoms with Crippen LogP contribution in [0.25, 0.3) is 0 Å². The Hall–Kier alpha value is -0.480. The standard InChI is InChI=1S/C14H21F2NS/c1-14(2,3)9-4-5-10-8(6-9)7-11(18-10)12(17)13(15)16/h7,9,12-13H,4-6,17H2,1-3H3. The predicted octanol–water partition coefficient (Wildman–Crippen LogP) is 4.16. The van der Waals surface area contributed by atoms with Gasteiger partial charge in [0.25, 0.3) is 6.43 Å². The van der Waals surface area contributed by atoms with Crippen LogP contribution in [0.15, 0.2) is 6.07 Å². The van der Waals surface area contributed by atoms with Gasteiger partial charge in [0.2, 0.25) is 0 Å². The molecule has 0 saturated heterocycles. The van der Waals surface area contributed by atoms with Crippen molar-refractivity contribution in [2.75, 3.05) is 0 Å². The van der Waals surface area contributed by atoms with Gasteiger partial charge in [-0.2, -0.15) is 0 Å². The summed E-state index contributed by atoms with van der Waals surface area (Å²) in [5, 5.41) is 0. The predicted molar refractivity (Wildman–Crippen MR) is 72.2 cm³/mol. The first-order valence-corrected chi connectivity index (χ1v) is 7.26. The quantitative estimate of drug-likeness (QED) is 0.860. The van der Waals surface area contributed by atoms with Crippen LogP contribution in [0.4, 0.5) is 8.78 Å². The van der Waals surface area contributed by atoms with Gasteiger partial charge in [0.1, 0.15) is 6.04 Å². The molecule has 0 radical (unpaired) electrons. The van der Waals surface area contributed by atoms with Crippen molar-refractivity contribution < 1.29 is 8.78 Å². The zero-order valence-electron chi connectivity index (χ0n) is 11.2. The second-order valence-electron chi connectivity index (χ2n) is 6.26. The Morgan fingerprint density at radius 2 is 2.06 bits per heavy atom. The lowest BCUT2D eigenvalue weighted by Gasteiger charge is -2.33. The van der Waals surface area contributed by atoms with Crippen LogP contribution < -0.4 is 5.73 Å². The molecule has 0 spiro atoms. The van der Waals surface area contributed by atoms with E-state index in [-0.39, 0.29) is 5.41 Å². The molecule has 2 rings (SSSR count). The zero-order chi connectivity index (χ0) is 13.5. The summed E-state index contributed by atoms with van der Waals surface area (Å²) in [6.07, 6.45) is 0.701. The molecular formula is C14H21F2NS. The van der Waals surface area contributed by atoms with Crippen molar-refractivity contribution in [1.29, 1.82) is 0 Å². The van der Waals surface area contributed by atoms with E-state index in [9.17, 15) is 8.78 Å². The van der Waals surface area contributed by atoms with E-state index in [1.165, 1.54) is 21.8 Å². The molecule has 102 valence electrons. The van der Waals surface area contributed by atoms with Crippen LogP contribution in [-0.2, 0) is 12.8 Å². The average Bonchev–Trinajstić information content (AvgIpc) is 2.68. The van der Waals surface area contributed by atoms with Gasteiger partial charge < -0.3 is 5.73 Å². The molecule has 1 aliphatic carbocycles. The molecule has 1 nitrogen and oxygen atoms in total. The molecule has 2 N–H and O–H groups in total. The Bertz CT molecular complexity index is 420. The topological polar surface area (TPSA) is 26.0 Å². The fourth-order valence-electron chi connectivity index (χ4n) is 2.57. The van der Waals surface area contributed by atoms with Crippen molar-refractivity contribution in [3.05, 3.63) is 21.4 Å². The number of hydrogen-bond donors (Lipinski definition) is 1. The third kappa shape index (κ3) is 2.75. The molecule has 4 heteroatoms. The van der Waals surface area contributed by atoms with Gasteiger partial charge in [-0.05, 0) is 42.2 Å². The van der Waals surface area contributed by atoms with Crippen LogP contribution in [-0.4, -0.2) is 6.43 Å². The van der Waals surface area contributed by atoms with Crippen molar-refractivity contribution in [3.8, 4) is 0 Å². The van der Waals surface area contributed by atoms with Crippen LogP contribution in [0.1, 0.15) is 48.6 Å². The van der Waals surface area contributed by atoms with E-state index in [0.29, 0.717) is 10.8 Å². The van der Waals surface area contributed by atoms with E-state index in [2.05, 4.69) is 20.8 Å². The van der Waals surface area contributed by atoms with Gasteiger partial charge in [0.15, 0.2) is 0 Å². The summed E-state index contributed by atoms with van der Waals surface area (Å²) in [5.41, 5.74) is 7.06. The summed E-state index contributed by atoms with van der Waals surface area (Å²) >= 11 is 1.48. The first kappa shape index (κ1) is 13.9. The molecule has 0 amide bonds. The lowest BCUT2D eigenvalue weighted by atomic mass is 9.72. The number of alkyl halides is 2. The third-order valence-corrected chi connectivity index (χ3v) is 5.27. The molecule has 2 unspecified atom stereocenters. The Morgan fingerprint density at radius 3 is 2.61 bits per heavy atom. The molecule has 0 aliphatic heterocycles. The van der Waals surface area contributed by atoms with Gasteiger partial charge in [-0.25, -0.2) is 8.78 Å². The number of rotatable bonds is 2. The Morgan fingerprint density at radius 1 is 1.39 bits per heavy atom. The molecule has 0 bridgehead atoms. The summed E-state index contributed by atoms with van der Waals surface area (Å²) in [7, 11) is 0. The highest BCUT2D eigenvalue weighted by Crippen LogP contribution is 2.41. The number of nitrogens with two attached hydrogens (primary N) is 1. The highest BCUT2D eigenvalue weighted by Gasteiger charge is 2.31. The second kappa shape index (κ2) is 4.89. The maximum Gasteiger partial charge on any atom is 0.258 e.